The average Bonchev–Trinajstić information content (AvgIpc) is 2.29. The van der Waals surface area contributed by atoms with Gasteiger partial charge in [0.1, 0.15) is 5.75 Å². The summed E-state index contributed by atoms with van der Waals surface area (Å²) < 4.78 is 5.62. The van der Waals surface area contributed by atoms with Crippen LogP contribution in [0.5, 0.6) is 5.75 Å². The predicted molar refractivity (Wildman–Crippen MR) is 79.2 cm³/mol. The number of nitrogen functional groups attached to an aromatic ring is 1. The van der Waals surface area contributed by atoms with Crippen LogP contribution in [-0.4, -0.2) is 12.6 Å². The third kappa shape index (κ3) is 4.47. The molecule has 1 unspecified atom stereocenters. The first-order chi connectivity index (χ1) is 8.54. The van der Waals surface area contributed by atoms with Gasteiger partial charge in [0, 0.05) is 6.04 Å². The van der Waals surface area contributed by atoms with Crippen LogP contribution in [0.2, 0.25) is 0 Å². The van der Waals surface area contributed by atoms with Gasteiger partial charge in [-0.15, -0.1) is 0 Å². The van der Waals surface area contributed by atoms with Crippen LogP contribution in [0.4, 0.5) is 11.4 Å². The van der Waals surface area contributed by atoms with Crippen LogP contribution in [0.25, 0.3) is 0 Å². The van der Waals surface area contributed by atoms with Crippen molar-refractivity contribution in [2.24, 2.45) is 5.92 Å². The molecule has 1 rings (SSSR count). The van der Waals surface area contributed by atoms with Gasteiger partial charge in [-0.2, -0.15) is 0 Å². The molecule has 1 aromatic carbocycles. The minimum absolute atomic E-state index is 0.411. The lowest BCUT2D eigenvalue weighted by molar-refractivity contribution is 0.319. The highest BCUT2D eigenvalue weighted by Gasteiger charge is 2.09. The van der Waals surface area contributed by atoms with Crippen LogP contribution in [-0.2, 0) is 0 Å². The van der Waals surface area contributed by atoms with Crippen molar-refractivity contribution in [1.29, 1.82) is 0 Å². The number of para-hydroxylation sites is 1. The molecule has 0 saturated carbocycles. The van der Waals surface area contributed by atoms with Crippen LogP contribution in [0.1, 0.15) is 40.5 Å². The highest BCUT2D eigenvalue weighted by molar-refractivity contribution is 5.73. The number of ether oxygens (including phenoxy) is 1. The van der Waals surface area contributed by atoms with Gasteiger partial charge < -0.3 is 15.8 Å². The first-order valence-electron chi connectivity index (χ1n) is 6.82. The molecular formula is C15H26N2O. The highest BCUT2D eigenvalue weighted by atomic mass is 16.5. The Kier molecular flexibility index (Phi) is 5.83. The smallest absolute Gasteiger partial charge is 0.144 e. The van der Waals surface area contributed by atoms with Gasteiger partial charge in [-0.3, -0.25) is 0 Å². The summed E-state index contributed by atoms with van der Waals surface area (Å²) in [6, 6.07) is 6.31. The summed E-state index contributed by atoms with van der Waals surface area (Å²) in [6.45, 7) is 9.42. The molecule has 0 saturated heterocycles. The van der Waals surface area contributed by atoms with Gasteiger partial charge in [0.25, 0.3) is 0 Å². The molecule has 3 heteroatoms. The van der Waals surface area contributed by atoms with E-state index in [1.807, 2.05) is 18.2 Å². The molecule has 18 heavy (non-hydrogen) atoms. The van der Waals surface area contributed by atoms with E-state index < -0.39 is 0 Å². The summed E-state index contributed by atoms with van der Waals surface area (Å²) in [5, 5.41) is 3.45. The molecule has 0 bridgehead atoms. The van der Waals surface area contributed by atoms with E-state index in [4.69, 9.17) is 10.5 Å². The van der Waals surface area contributed by atoms with Crippen LogP contribution in [0.15, 0.2) is 18.2 Å². The molecule has 0 heterocycles. The summed E-state index contributed by atoms with van der Waals surface area (Å²) in [6.07, 6.45) is 2.11. The third-order valence-electron chi connectivity index (χ3n) is 2.75. The quantitative estimate of drug-likeness (QED) is 0.721. The number of benzene rings is 1. The maximum Gasteiger partial charge on any atom is 0.144 e. The molecule has 3 nitrogen and oxygen atoms in total. The molecule has 0 fully saturated rings. The largest absolute Gasteiger partial charge is 0.491 e. The Morgan fingerprint density at radius 3 is 2.61 bits per heavy atom. The van der Waals surface area contributed by atoms with E-state index in [1.165, 1.54) is 0 Å². The summed E-state index contributed by atoms with van der Waals surface area (Å²) in [5.41, 5.74) is 7.79. The zero-order valence-corrected chi connectivity index (χ0v) is 12.0. The molecule has 1 atom stereocenters. The second-order valence-corrected chi connectivity index (χ2v) is 5.24. The molecule has 1 aromatic rings. The first kappa shape index (κ1) is 14.7. The van der Waals surface area contributed by atoms with Gasteiger partial charge in [0.2, 0.25) is 0 Å². The van der Waals surface area contributed by atoms with Gasteiger partial charge in [-0.25, -0.2) is 0 Å². The predicted octanol–water partition coefficient (Wildman–Crippen LogP) is 3.90. The minimum atomic E-state index is 0.411. The summed E-state index contributed by atoms with van der Waals surface area (Å²) in [7, 11) is 0. The normalized spacial score (nSPS) is 12.5. The topological polar surface area (TPSA) is 47.3 Å². The van der Waals surface area contributed by atoms with E-state index in [-0.39, 0.29) is 0 Å². The SMILES string of the molecule is CCCOc1cccc(NC(C)CC(C)C)c1N. The number of hydrogen-bond acceptors (Lipinski definition) is 3. The van der Waals surface area contributed by atoms with Crippen LogP contribution < -0.4 is 15.8 Å². The minimum Gasteiger partial charge on any atom is -0.491 e. The van der Waals surface area contributed by atoms with Gasteiger partial charge in [0.15, 0.2) is 0 Å². The second kappa shape index (κ2) is 7.14. The molecule has 102 valence electrons. The number of nitrogens with one attached hydrogen (secondary N) is 1. The molecule has 0 radical (unpaired) electrons. The lowest BCUT2D eigenvalue weighted by atomic mass is 10.0. The Morgan fingerprint density at radius 2 is 2.00 bits per heavy atom. The van der Waals surface area contributed by atoms with E-state index in [0.717, 1.165) is 24.3 Å². The molecule has 0 aliphatic heterocycles. The molecular weight excluding hydrogens is 224 g/mol. The van der Waals surface area contributed by atoms with Crippen molar-refractivity contribution in [2.75, 3.05) is 17.7 Å². The summed E-state index contributed by atoms with van der Waals surface area (Å²) >= 11 is 0. The van der Waals surface area contributed by atoms with Crippen molar-refractivity contribution in [3.05, 3.63) is 18.2 Å². The van der Waals surface area contributed by atoms with Crippen LogP contribution >= 0.6 is 0 Å². The van der Waals surface area contributed by atoms with Crippen molar-refractivity contribution >= 4 is 11.4 Å². The molecule has 0 aliphatic rings. The van der Waals surface area contributed by atoms with E-state index in [9.17, 15) is 0 Å². The van der Waals surface area contributed by atoms with Crippen molar-refractivity contribution in [1.82, 2.24) is 0 Å². The van der Waals surface area contributed by atoms with Crippen molar-refractivity contribution < 1.29 is 4.74 Å². The Morgan fingerprint density at radius 1 is 1.28 bits per heavy atom. The van der Waals surface area contributed by atoms with Gasteiger partial charge in [-0.05, 0) is 37.8 Å². The Labute approximate surface area is 111 Å². The zero-order chi connectivity index (χ0) is 13.5. The lowest BCUT2D eigenvalue weighted by Crippen LogP contribution is -2.18. The number of hydrogen-bond donors (Lipinski definition) is 2. The third-order valence-corrected chi connectivity index (χ3v) is 2.75. The molecule has 0 aromatic heterocycles. The van der Waals surface area contributed by atoms with Crippen LogP contribution in [0.3, 0.4) is 0 Å². The Hall–Kier alpha value is -1.38. The van der Waals surface area contributed by atoms with Gasteiger partial charge in [0.05, 0.1) is 18.0 Å². The monoisotopic (exact) mass is 250 g/mol. The average molecular weight is 250 g/mol. The molecule has 0 aliphatic carbocycles. The van der Waals surface area contributed by atoms with E-state index >= 15 is 0 Å². The van der Waals surface area contributed by atoms with E-state index in [0.29, 0.717) is 24.3 Å². The van der Waals surface area contributed by atoms with Crippen molar-refractivity contribution in [3.63, 3.8) is 0 Å². The maximum atomic E-state index is 6.12. The Balaban J connectivity index is 2.70. The number of anilines is 2. The lowest BCUT2D eigenvalue weighted by Gasteiger charge is -2.19. The summed E-state index contributed by atoms with van der Waals surface area (Å²) in [4.78, 5) is 0. The number of rotatable bonds is 7. The van der Waals surface area contributed by atoms with E-state index in [1.54, 1.807) is 0 Å². The maximum absolute atomic E-state index is 6.12. The van der Waals surface area contributed by atoms with Gasteiger partial charge >= 0.3 is 0 Å². The fraction of sp³-hybridized carbons (Fsp3) is 0.600. The first-order valence-corrected chi connectivity index (χ1v) is 6.82. The van der Waals surface area contributed by atoms with Crippen molar-refractivity contribution in [2.45, 2.75) is 46.6 Å². The standard InChI is InChI=1S/C15H26N2O/c1-5-9-18-14-8-6-7-13(15(14)16)17-12(4)10-11(2)3/h6-8,11-12,17H,5,9-10,16H2,1-4H3. The van der Waals surface area contributed by atoms with Crippen molar-refractivity contribution in [3.8, 4) is 5.75 Å². The number of nitrogens with two attached hydrogens (primary N) is 1. The fourth-order valence-electron chi connectivity index (χ4n) is 2.04. The Bertz CT molecular complexity index is 364. The highest BCUT2D eigenvalue weighted by Crippen LogP contribution is 2.30. The van der Waals surface area contributed by atoms with Crippen LogP contribution in [0, 0.1) is 5.92 Å². The van der Waals surface area contributed by atoms with E-state index in [2.05, 4.69) is 33.0 Å². The second-order valence-electron chi connectivity index (χ2n) is 5.24. The van der Waals surface area contributed by atoms with Gasteiger partial charge in [-0.1, -0.05) is 26.8 Å². The summed E-state index contributed by atoms with van der Waals surface area (Å²) in [5.74, 6) is 1.45. The zero-order valence-electron chi connectivity index (χ0n) is 12.0. The molecule has 3 N–H and O–H groups in total. The molecule has 0 amide bonds. The fourth-order valence-corrected chi connectivity index (χ4v) is 2.04. The molecule has 0 spiro atoms.